The Hall–Kier alpha value is -1.07. The number of amides is 1. The zero-order valence-corrected chi connectivity index (χ0v) is 10.2. The Morgan fingerprint density at radius 1 is 1.60 bits per heavy atom. The van der Waals surface area contributed by atoms with Crippen molar-refractivity contribution in [2.75, 3.05) is 12.4 Å². The minimum Gasteiger partial charge on any atom is -0.497 e. The van der Waals surface area contributed by atoms with Crippen molar-refractivity contribution in [1.82, 2.24) is 0 Å². The largest absolute Gasteiger partial charge is 0.497 e. The number of hydrogen-bond donors (Lipinski definition) is 2. The number of nitrogens with two attached hydrogens (primary N) is 1. The average molecular weight is 273 g/mol. The fraction of sp³-hybridized carbons (Fsp3) is 0.300. The Bertz CT molecular complexity index is 366. The average Bonchev–Trinajstić information content (AvgIpc) is 2.21. The van der Waals surface area contributed by atoms with E-state index in [9.17, 15) is 4.79 Å². The normalized spacial score (nSPS) is 12.0. The second-order valence-corrected chi connectivity index (χ2v) is 3.98. The van der Waals surface area contributed by atoms with E-state index in [0.29, 0.717) is 11.4 Å². The molecule has 5 heteroatoms. The van der Waals surface area contributed by atoms with Gasteiger partial charge in [0.15, 0.2) is 0 Å². The van der Waals surface area contributed by atoms with Gasteiger partial charge in [0.25, 0.3) is 0 Å². The third-order valence-corrected chi connectivity index (χ3v) is 2.54. The molecule has 3 N–H and O–H groups in total. The first-order valence-electron chi connectivity index (χ1n) is 4.44. The highest BCUT2D eigenvalue weighted by Crippen LogP contribution is 2.27. The number of carbonyl (C=O) groups is 1. The molecule has 0 aliphatic heterocycles. The topological polar surface area (TPSA) is 64.3 Å². The summed E-state index contributed by atoms with van der Waals surface area (Å²) < 4.78 is 5.84. The van der Waals surface area contributed by atoms with Crippen LogP contribution < -0.4 is 15.8 Å². The second kappa shape index (κ2) is 5.14. The van der Waals surface area contributed by atoms with E-state index in [4.69, 9.17) is 10.5 Å². The Kier molecular flexibility index (Phi) is 4.11. The number of methoxy groups -OCH3 is 1. The zero-order valence-electron chi connectivity index (χ0n) is 8.58. The first-order chi connectivity index (χ1) is 7.04. The molecule has 1 aromatic rings. The molecule has 4 nitrogen and oxygen atoms in total. The van der Waals surface area contributed by atoms with Gasteiger partial charge in [-0.2, -0.15) is 0 Å². The van der Waals surface area contributed by atoms with E-state index < -0.39 is 6.04 Å². The molecule has 82 valence electrons. The highest BCUT2D eigenvalue weighted by Gasteiger charge is 2.10. The van der Waals surface area contributed by atoms with Gasteiger partial charge in [-0.1, -0.05) is 0 Å². The standard InChI is InChI=1S/C10H13BrN2O2/c1-6(12)10(14)13-9-5-7(15-2)3-4-8(9)11/h3-6H,12H2,1-2H3,(H,13,14)/t6-/m0/s1. The van der Waals surface area contributed by atoms with Crippen molar-refractivity contribution < 1.29 is 9.53 Å². The summed E-state index contributed by atoms with van der Waals surface area (Å²) in [5.74, 6) is 0.446. The molecule has 1 rings (SSSR count). The fourth-order valence-corrected chi connectivity index (χ4v) is 1.32. The Labute approximate surface area is 96.9 Å². The van der Waals surface area contributed by atoms with Crippen molar-refractivity contribution in [2.24, 2.45) is 5.73 Å². The van der Waals surface area contributed by atoms with E-state index in [0.717, 1.165) is 4.47 Å². The van der Waals surface area contributed by atoms with Crippen LogP contribution in [0.1, 0.15) is 6.92 Å². The summed E-state index contributed by atoms with van der Waals surface area (Å²) in [6, 6.07) is 4.79. The molecule has 0 bridgehead atoms. The molecule has 1 amide bonds. The molecule has 0 spiro atoms. The molecule has 0 saturated heterocycles. The first kappa shape index (κ1) is 12.0. The van der Waals surface area contributed by atoms with Crippen molar-refractivity contribution in [1.29, 1.82) is 0 Å². The minimum atomic E-state index is -0.539. The van der Waals surface area contributed by atoms with Crippen molar-refractivity contribution >= 4 is 27.5 Å². The molecule has 0 aromatic heterocycles. The van der Waals surface area contributed by atoms with Gasteiger partial charge in [0.2, 0.25) is 5.91 Å². The lowest BCUT2D eigenvalue weighted by atomic mass is 10.2. The lowest BCUT2D eigenvalue weighted by Gasteiger charge is -2.10. The number of halogens is 1. The summed E-state index contributed by atoms with van der Waals surface area (Å²) in [5.41, 5.74) is 6.10. The van der Waals surface area contributed by atoms with Crippen LogP contribution in [-0.2, 0) is 4.79 Å². The maximum Gasteiger partial charge on any atom is 0.241 e. The van der Waals surface area contributed by atoms with E-state index in [1.165, 1.54) is 0 Å². The fourth-order valence-electron chi connectivity index (χ4n) is 0.974. The third-order valence-electron chi connectivity index (χ3n) is 1.84. The number of nitrogens with one attached hydrogen (secondary N) is 1. The van der Waals surface area contributed by atoms with Crippen LogP contribution in [0.4, 0.5) is 5.69 Å². The Morgan fingerprint density at radius 2 is 2.27 bits per heavy atom. The number of rotatable bonds is 3. The zero-order chi connectivity index (χ0) is 11.4. The van der Waals surface area contributed by atoms with E-state index in [1.807, 2.05) is 0 Å². The van der Waals surface area contributed by atoms with Crippen molar-refractivity contribution in [3.63, 3.8) is 0 Å². The smallest absolute Gasteiger partial charge is 0.241 e. The van der Waals surface area contributed by atoms with E-state index in [-0.39, 0.29) is 5.91 Å². The molecule has 0 heterocycles. The lowest BCUT2D eigenvalue weighted by Crippen LogP contribution is -2.32. The van der Waals surface area contributed by atoms with Crippen molar-refractivity contribution in [3.8, 4) is 5.75 Å². The number of benzene rings is 1. The summed E-state index contributed by atoms with van der Waals surface area (Å²) >= 11 is 3.33. The first-order valence-corrected chi connectivity index (χ1v) is 5.24. The lowest BCUT2D eigenvalue weighted by molar-refractivity contribution is -0.117. The number of anilines is 1. The van der Waals surface area contributed by atoms with E-state index in [2.05, 4.69) is 21.2 Å². The van der Waals surface area contributed by atoms with Crippen LogP contribution in [0.25, 0.3) is 0 Å². The van der Waals surface area contributed by atoms with Crippen molar-refractivity contribution in [3.05, 3.63) is 22.7 Å². The summed E-state index contributed by atoms with van der Waals surface area (Å²) in [6.07, 6.45) is 0. The van der Waals surface area contributed by atoms with Gasteiger partial charge in [0, 0.05) is 10.5 Å². The van der Waals surface area contributed by atoms with Crippen LogP contribution in [-0.4, -0.2) is 19.1 Å². The number of hydrogen-bond acceptors (Lipinski definition) is 3. The Balaban J connectivity index is 2.88. The molecular weight excluding hydrogens is 260 g/mol. The van der Waals surface area contributed by atoms with Gasteiger partial charge in [-0.05, 0) is 35.0 Å². The van der Waals surface area contributed by atoms with Gasteiger partial charge in [-0.25, -0.2) is 0 Å². The van der Waals surface area contributed by atoms with Crippen LogP contribution >= 0.6 is 15.9 Å². The molecule has 0 fully saturated rings. The minimum absolute atomic E-state index is 0.232. The molecule has 1 aromatic carbocycles. The monoisotopic (exact) mass is 272 g/mol. The van der Waals surface area contributed by atoms with Gasteiger partial charge in [-0.15, -0.1) is 0 Å². The van der Waals surface area contributed by atoms with Gasteiger partial charge in [0.05, 0.1) is 18.8 Å². The molecule has 15 heavy (non-hydrogen) atoms. The maximum atomic E-state index is 11.4. The van der Waals surface area contributed by atoms with Gasteiger partial charge < -0.3 is 15.8 Å². The number of ether oxygens (including phenoxy) is 1. The van der Waals surface area contributed by atoms with Gasteiger partial charge in [0.1, 0.15) is 5.75 Å². The molecule has 0 unspecified atom stereocenters. The molecular formula is C10H13BrN2O2. The summed E-state index contributed by atoms with van der Waals surface area (Å²) in [5, 5.41) is 2.69. The van der Waals surface area contributed by atoms with Gasteiger partial charge >= 0.3 is 0 Å². The highest BCUT2D eigenvalue weighted by atomic mass is 79.9. The molecule has 0 saturated carbocycles. The van der Waals surface area contributed by atoms with Crippen molar-refractivity contribution in [2.45, 2.75) is 13.0 Å². The molecule has 1 atom stereocenters. The summed E-state index contributed by atoms with van der Waals surface area (Å²) in [4.78, 5) is 11.4. The second-order valence-electron chi connectivity index (χ2n) is 3.12. The van der Waals surface area contributed by atoms with Crippen LogP contribution in [0.3, 0.4) is 0 Å². The van der Waals surface area contributed by atoms with Crippen LogP contribution in [0.2, 0.25) is 0 Å². The SMILES string of the molecule is COc1ccc(Br)c(NC(=O)[C@H](C)N)c1. The summed E-state index contributed by atoms with van der Waals surface area (Å²) in [7, 11) is 1.57. The quantitative estimate of drug-likeness (QED) is 0.881. The number of carbonyl (C=O) groups excluding carboxylic acids is 1. The highest BCUT2D eigenvalue weighted by molar-refractivity contribution is 9.10. The van der Waals surface area contributed by atoms with Crippen LogP contribution in [0.15, 0.2) is 22.7 Å². The third kappa shape index (κ3) is 3.21. The summed E-state index contributed by atoms with van der Waals surface area (Å²) in [6.45, 7) is 1.63. The molecule has 0 aliphatic rings. The predicted molar refractivity (Wildman–Crippen MR) is 63.0 cm³/mol. The van der Waals surface area contributed by atoms with E-state index >= 15 is 0 Å². The van der Waals surface area contributed by atoms with Gasteiger partial charge in [-0.3, -0.25) is 4.79 Å². The van der Waals surface area contributed by atoms with E-state index in [1.54, 1.807) is 32.2 Å². The Morgan fingerprint density at radius 3 is 2.80 bits per heavy atom. The molecule has 0 radical (unpaired) electrons. The molecule has 0 aliphatic carbocycles. The van der Waals surface area contributed by atoms with Crippen LogP contribution in [0, 0.1) is 0 Å². The predicted octanol–water partition coefficient (Wildman–Crippen LogP) is 1.74. The van der Waals surface area contributed by atoms with Crippen LogP contribution in [0.5, 0.6) is 5.75 Å². The maximum absolute atomic E-state index is 11.4.